The fourth-order valence-electron chi connectivity index (χ4n) is 2.69. The lowest BCUT2D eigenvalue weighted by Gasteiger charge is -2.28. The zero-order chi connectivity index (χ0) is 13.0. The molecule has 0 atom stereocenters. The molecular formula is C14H21NO3. The Kier molecular flexibility index (Phi) is 4.42. The number of carbonyl (C=O) groups is 1. The van der Waals surface area contributed by atoms with E-state index in [4.69, 9.17) is 9.52 Å². The van der Waals surface area contributed by atoms with Crippen molar-refractivity contribution in [2.75, 3.05) is 0 Å². The third kappa shape index (κ3) is 3.13. The Balaban J connectivity index is 1.81. The zero-order valence-corrected chi connectivity index (χ0v) is 10.8. The molecule has 1 aromatic rings. The molecule has 2 rings (SSSR count). The Hall–Kier alpha value is -1.29. The van der Waals surface area contributed by atoms with E-state index in [1.54, 1.807) is 6.07 Å². The molecule has 1 aliphatic carbocycles. The average molecular weight is 251 g/mol. The highest BCUT2D eigenvalue weighted by atomic mass is 16.4. The van der Waals surface area contributed by atoms with Crippen molar-refractivity contribution in [1.82, 2.24) is 5.32 Å². The summed E-state index contributed by atoms with van der Waals surface area (Å²) < 4.78 is 4.96. The second-order valence-corrected chi connectivity index (χ2v) is 5.09. The molecule has 0 unspecified atom stereocenters. The number of carboxylic acids is 1. The minimum absolute atomic E-state index is 0.0599. The van der Waals surface area contributed by atoms with Crippen LogP contribution < -0.4 is 5.32 Å². The summed E-state index contributed by atoms with van der Waals surface area (Å²) in [6.07, 6.45) is 7.67. The fraction of sp³-hybridized carbons (Fsp3) is 0.643. The number of carboxylic acid groups (broad SMARTS) is 1. The minimum atomic E-state index is -0.994. The second kappa shape index (κ2) is 6.05. The summed E-state index contributed by atoms with van der Waals surface area (Å²) >= 11 is 0. The van der Waals surface area contributed by atoms with Gasteiger partial charge in [0.2, 0.25) is 5.76 Å². The highest BCUT2D eigenvalue weighted by Crippen LogP contribution is 2.26. The molecule has 0 radical (unpaired) electrons. The fourth-order valence-corrected chi connectivity index (χ4v) is 2.69. The van der Waals surface area contributed by atoms with Crippen LogP contribution in [-0.2, 0) is 6.54 Å². The van der Waals surface area contributed by atoms with Crippen molar-refractivity contribution >= 4 is 5.97 Å². The lowest BCUT2D eigenvalue weighted by molar-refractivity contribution is 0.0660. The average Bonchev–Trinajstić information content (AvgIpc) is 2.85. The van der Waals surface area contributed by atoms with Crippen LogP contribution in [0.15, 0.2) is 16.7 Å². The quantitative estimate of drug-likeness (QED) is 0.844. The Morgan fingerprint density at radius 3 is 2.78 bits per heavy atom. The second-order valence-electron chi connectivity index (χ2n) is 5.09. The van der Waals surface area contributed by atoms with Gasteiger partial charge in [-0.3, -0.25) is 0 Å². The molecular weight excluding hydrogens is 230 g/mol. The summed E-state index contributed by atoms with van der Waals surface area (Å²) in [5, 5.41) is 12.4. The van der Waals surface area contributed by atoms with Gasteiger partial charge in [-0.1, -0.05) is 13.3 Å². The number of hydrogen-bond acceptors (Lipinski definition) is 3. The molecule has 2 N–H and O–H groups in total. The minimum Gasteiger partial charge on any atom is -0.475 e. The molecule has 4 heteroatoms. The summed E-state index contributed by atoms with van der Waals surface area (Å²) in [4.78, 5) is 10.9. The summed E-state index contributed by atoms with van der Waals surface area (Å²) in [6, 6.07) is 2.25. The van der Waals surface area contributed by atoms with Crippen LogP contribution in [0.25, 0.3) is 0 Å². The number of hydrogen-bond donors (Lipinski definition) is 2. The first kappa shape index (κ1) is 13.1. The highest BCUT2D eigenvalue weighted by Gasteiger charge is 2.20. The molecule has 0 aromatic carbocycles. The Bertz CT molecular complexity index is 391. The first-order valence-electron chi connectivity index (χ1n) is 6.73. The summed E-state index contributed by atoms with van der Waals surface area (Å²) in [7, 11) is 0. The van der Waals surface area contributed by atoms with Crippen molar-refractivity contribution in [3.8, 4) is 0 Å². The van der Waals surface area contributed by atoms with Crippen LogP contribution in [0.5, 0.6) is 0 Å². The molecule has 1 aromatic heterocycles. The van der Waals surface area contributed by atoms with Crippen LogP contribution in [0.1, 0.15) is 55.1 Å². The summed E-state index contributed by atoms with van der Waals surface area (Å²) in [5.74, 6) is -0.0530. The number of furan rings is 1. The molecule has 18 heavy (non-hydrogen) atoms. The maximum absolute atomic E-state index is 10.9. The van der Waals surface area contributed by atoms with Gasteiger partial charge in [0.05, 0.1) is 6.26 Å². The maximum Gasteiger partial charge on any atom is 0.372 e. The van der Waals surface area contributed by atoms with Gasteiger partial charge in [-0.25, -0.2) is 4.79 Å². The standard InChI is InChI=1S/C14H21NO3/c1-2-10-3-5-12(6-4-10)15-9-11-7-8-18-13(11)14(16)17/h7-8,10,12,15H,2-6,9H2,1H3,(H,16,17). The molecule has 0 bridgehead atoms. The molecule has 0 spiro atoms. The molecule has 100 valence electrons. The van der Waals surface area contributed by atoms with Crippen LogP contribution in [0.3, 0.4) is 0 Å². The Labute approximate surface area is 107 Å². The SMILES string of the molecule is CCC1CCC(NCc2ccoc2C(=O)O)CC1. The van der Waals surface area contributed by atoms with Gasteiger partial charge >= 0.3 is 5.97 Å². The van der Waals surface area contributed by atoms with Crippen LogP contribution in [0.2, 0.25) is 0 Å². The van der Waals surface area contributed by atoms with Crippen molar-refractivity contribution in [2.45, 2.75) is 51.6 Å². The lowest BCUT2D eigenvalue weighted by Crippen LogP contribution is -2.32. The van der Waals surface area contributed by atoms with E-state index in [9.17, 15) is 4.79 Å². The van der Waals surface area contributed by atoms with E-state index in [1.807, 2.05) is 0 Å². The van der Waals surface area contributed by atoms with Crippen LogP contribution in [0, 0.1) is 5.92 Å². The summed E-state index contributed by atoms with van der Waals surface area (Å²) in [5.41, 5.74) is 0.736. The van der Waals surface area contributed by atoms with E-state index in [0.717, 1.165) is 11.5 Å². The molecule has 1 fully saturated rings. The van der Waals surface area contributed by atoms with Crippen molar-refractivity contribution < 1.29 is 14.3 Å². The number of rotatable bonds is 5. The van der Waals surface area contributed by atoms with Gasteiger partial charge in [0.25, 0.3) is 0 Å². The molecule has 4 nitrogen and oxygen atoms in total. The van der Waals surface area contributed by atoms with E-state index in [0.29, 0.717) is 12.6 Å². The first-order chi connectivity index (χ1) is 8.70. The third-order valence-electron chi connectivity index (χ3n) is 3.95. The predicted octanol–water partition coefficient (Wildman–Crippen LogP) is 3.04. The number of aromatic carboxylic acids is 1. The Morgan fingerprint density at radius 2 is 2.17 bits per heavy atom. The summed E-state index contributed by atoms with van der Waals surface area (Å²) in [6.45, 7) is 2.84. The van der Waals surface area contributed by atoms with E-state index < -0.39 is 5.97 Å². The van der Waals surface area contributed by atoms with Crippen molar-refractivity contribution in [3.05, 3.63) is 23.7 Å². The van der Waals surface area contributed by atoms with Gasteiger partial charge in [0, 0.05) is 18.2 Å². The molecule has 0 saturated heterocycles. The molecule has 1 heterocycles. The van der Waals surface area contributed by atoms with Gasteiger partial charge in [-0.2, -0.15) is 0 Å². The van der Waals surface area contributed by atoms with E-state index in [1.165, 1.54) is 38.4 Å². The normalized spacial score (nSPS) is 24.1. The van der Waals surface area contributed by atoms with Gasteiger partial charge < -0.3 is 14.8 Å². The van der Waals surface area contributed by atoms with Gasteiger partial charge in [-0.05, 0) is 37.7 Å². The van der Waals surface area contributed by atoms with Crippen LogP contribution in [0.4, 0.5) is 0 Å². The smallest absolute Gasteiger partial charge is 0.372 e. The van der Waals surface area contributed by atoms with E-state index in [2.05, 4.69) is 12.2 Å². The van der Waals surface area contributed by atoms with Crippen molar-refractivity contribution in [3.63, 3.8) is 0 Å². The maximum atomic E-state index is 10.9. The zero-order valence-electron chi connectivity index (χ0n) is 10.8. The largest absolute Gasteiger partial charge is 0.475 e. The van der Waals surface area contributed by atoms with Crippen LogP contribution >= 0.6 is 0 Å². The van der Waals surface area contributed by atoms with Gasteiger partial charge in [0.15, 0.2) is 0 Å². The van der Waals surface area contributed by atoms with Crippen molar-refractivity contribution in [1.29, 1.82) is 0 Å². The molecule has 0 aliphatic heterocycles. The van der Waals surface area contributed by atoms with Crippen molar-refractivity contribution in [2.24, 2.45) is 5.92 Å². The Morgan fingerprint density at radius 1 is 1.44 bits per heavy atom. The highest BCUT2D eigenvalue weighted by molar-refractivity contribution is 5.86. The van der Waals surface area contributed by atoms with Gasteiger partial charge in [-0.15, -0.1) is 0 Å². The predicted molar refractivity (Wildman–Crippen MR) is 68.5 cm³/mol. The van der Waals surface area contributed by atoms with Gasteiger partial charge in [0.1, 0.15) is 0 Å². The van der Waals surface area contributed by atoms with E-state index >= 15 is 0 Å². The topological polar surface area (TPSA) is 62.5 Å². The molecule has 1 aliphatic rings. The van der Waals surface area contributed by atoms with Crippen LogP contribution in [-0.4, -0.2) is 17.1 Å². The monoisotopic (exact) mass is 251 g/mol. The first-order valence-corrected chi connectivity index (χ1v) is 6.73. The third-order valence-corrected chi connectivity index (χ3v) is 3.95. The molecule has 0 amide bonds. The number of nitrogens with one attached hydrogen (secondary N) is 1. The lowest BCUT2D eigenvalue weighted by atomic mass is 9.84. The molecule has 1 saturated carbocycles. The van der Waals surface area contributed by atoms with E-state index in [-0.39, 0.29) is 5.76 Å².